The number of aliphatic hydroxyl groups is 1. The van der Waals surface area contributed by atoms with Gasteiger partial charge in [-0.05, 0) is 85.9 Å². The van der Waals surface area contributed by atoms with Crippen LogP contribution >= 0.6 is 0 Å². The number of anilines is 3. The van der Waals surface area contributed by atoms with Crippen molar-refractivity contribution in [3.63, 3.8) is 0 Å². The topological polar surface area (TPSA) is 131 Å². The van der Waals surface area contributed by atoms with Crippen molar-refractivity contribution in [3.05, 3.63) is 102 Å². The van der Waals surface area contributed by atoms with Crippen LogP contribution in [0.25, 0.3) is 11.4 Å². The fourth-order valence-corrected chi connectivity index (χ4v) is 5.60. The van der Waals surface area contributed by atoms with Crippen molar-refractivity contribution in [2.24, 2.45) is 0 Å². The summed E-state index contributed by atoms with van der Waals surface area (Å²) in [5.41, 5.74) is 4.87. The number of ether oxygens (including phenoxy) is 3. The van der Waals surface area contributed by atoms with Crippen LogP contribution in [0.5, 0.6) is 17.4 Å². The smallest absolute Gasteiger partial charge is 0.229 e. The highest BCUT2D eigenvalue weighted by atomic mass is 16.5. The molecule has 1 fully saturated rings. The summed E-state index contributed by atoms with van der Waals surface area (Å²) in [7, 11) is 5.94. The molecule has 6 rings (SSSR count). The molecular weight excluding hydrogens is 620 g/mol. The number of nitrogens with zero attached hydrogens (tertiary/aromatic N) is 7. The second-order valence-corrected chi connectivity index (χ2v) is 11.5. The normalized spacial score (nSPS) is 12.5. The Morgan fingerprint density at radius 3 is 1.92 bits per heavy atom. The molecule has 0 saturated carbocycles. The summed E-state index contributed by atoms with van der Waals surface area (Å²) in [5.74, 6) is 4.51. The SMILES string of the molecule is CO.COc1ccc(CN(Cc2ccc(OC)cc2)c2nc(C)nc(-c3cc(CN4CCCC4)cnc3Nc3ccc(OC)nc3)n2)cc1. The highest BCUT2D eigenvalue weighted by molar-refractivity contribution is 5.75. The van der Waals surface area contributed by atoms with Gasteiger partial charge in [0.2, 0.25) is 11.8 Å². The average Bonchev–Trinajstić information content (AvgIpc) is 3.66. The standard InChI is InChI=1S/C36H40N8O3.CH4O/c1-25-39-35(32-19-28(22-43-17-5-6-18-43)20-38-34(32)41-29-11-16-33(47-4)37-21-29)42-36(40-25)44(23-26-7-12-30(45-2)13-8-26)24-27-9-14-31(46-3)15-10-27;1-2/h7-16,19-21H,5-6,17-18,22-24H2,1-4H3,(H,38,41);2H,1H3. The number of hydrogen-bond donors (Lipinski definition) is 2. The molecule has 4 heterocycles. The fourth-order valence-electron chi connectivity index (χ4n) is 5.60. The minimum atomic E-state index is 0.538. The Labute approximate surface area is 287 Å². The number of aliphatic hydroxyl groups excluding tert-OH is 1. The van der Waals surface area contributed by atoms with Crippen molar-refractivity contribution in [2.75, 3.05) is 51.7 Å². The summed E-state index contributed by atoms with van der Waals surface area (Å²) in [6, 6.07) is 22.0. The molecular formula is C37H44N8O4. The molecule has 0 unspecified atom stereocenters. The van der Waals surface area contributed by atoms with Gasteiger partial charge in [-0.1, -0.05) is 24.3 Å². The maximum absolute atomic E-state index is 7.00. The van der Waals surface area contributed by atoms with Gasteiger partial charge in [-0.3, -0.25) is 4.90 Å². The minimum absolute atomic E-state index is 0.538. The molecule has 3 aromatic heterocycles. The predicted molar refractivity (Wildman–Crippen MR) is 190 cm³/mol. The Kier molecular flexibility index (Phi) is 12.3. The third kappa shape index (κ3) is 9.40. The minimum Gasteiger partial charge on any atom is -0.497 e. The number of benzene rings is 2. The van der Waals surface area contributed by atoms with Gasteiger partial charge in [0.1, 0.15) is 23.1 Å². The molecule has 0 atom stereocenters. The van der Waals surface area contributed by atoms with Gasteiger partial charge in [0.25, 0.3) is 0 Å². The van der Waals surface area contributed by atoms with Crippen LogP contribution in [0.4, 0.5) is 17.5 Å². The number of likely N-dealkylation sites (tertiary alicyclic amines) is 1. The third-order valence-corrected chi connectivity index (χ3v) is 8.08. The zero-order chi connectivity index (χ0) is 34.6. The maximum atomic E-state index is 7.00. The van der Waals surface area contributed by atoms with E-state index in [2.05, 4.69) is 50.4 Å². The molecule has 0 aliphatic carbocycles. The second-order valence-electron chi connectivity index (χ2n) is 11.5. The molecule has 5 aromatic rings. The van der Waals surface area contributed by atoms with Crippen LogP contribution in [0.1, 0.15) is 35.4 Å². The van der Waals surface area contributed by atoms with E-state index in [1.807, 2.05) is 49.5 Å². The highest BCUT2D eigenvalue weighted by Crippen LogP contribution is 2.30. The van der Waals surface area contributed by atoms with E-state index >= 15 is 0 Å². The Hall–Kier alpha value is -5.33. The van der Waals surface area contributed by atoms with E-state index < -0.39 is 0 Å². The van der Waals surface area contributed by atoms with E-state index in [0.717, 1.165) is 66.2 Å². The molecule has 49 heavy (non-hydrogen) atoms. The number of methoxy groups -OCH3 is 3. The van der Waals surface area contributed by atoms with Gasteiger partial charge in [0, 0.05) is 39.0 Å². The van der Waals surface area contributed by atoms with E-state index in [4.69, 9.17) is 39.3 Å². The predicted octanol–water partition coefficient (Wildman–Crippen LogP) is 5.82. The first-order valence-corrected chi connectivity index (χ1v) is 16.2. The maximum Gasteiger partial charge on any atom is 0.229 e. The monoisotopic (exact) mass is 664 g/mol. The van der Waals surface area contributed by atoms with E-state index in [-0.39, 0.29) is 0 Å². The molecule has 0 spiro atoms. The van der Waals surface area contributed by atoms with Crippen LogP contribution in [0.3, 0.4) is 0 Å². The first-order valence-electron chi connectivity index (χ1n) is 16.2. The van der Waals surface area contributed by atoms with Crippen molar-refractivity contribution in [2.45, 2.75) is 39.4 Å². The van der Waals surface area contributed by atoms with Gasteiger partial charge in [0.15, 0.2) is 5.82 Å². The Bertz CT molecular complexity index is 1710. The fraction of sp³-hybridized carbons (Fsp3) is 0.324. The van der Waals surface area contributed by atoms with Crippen molar-refractivity contribution >= 4 is 17.5 Å². The van der Waals surface area contributed by atoms with Crippen LogP contribution in [-0.2, 0) is 19.6 Å². The molecule has 0 amide bonds. The van der Waals surface area contributed by atoms with Gasteiger partial charge in [-0.2, -0.15) is 9.97 Å². The van der Waals surface area contributed by atoms with Crippen molar-refractivity contribution in [1.29, 1.82) is 0 Å². The zero-order valence-corrected chi connectivity index (χ0v) is 28.8. The number of pyridine rings is 2. The first kappa shape index (κ1) is 35.0. The summed E-state index contributed by atoms with van der Waals surface area (Å²) in [5, 5.41) is 10.4. The number of nitrogens with one attached hydrogen (secondary N) is 1. The Morgan fingerprint density at radius 2 is 1.37 bits per heavy atom. The Morgan fingerprint density at radius 1 is 0.735 bits per heavy atom. The quantitative estimate of drug-likeness (QED) is 0.157. The number of aromatic nitrogens is 5. The van der Waals surface area contributed by atoms with Crippen molar-refractivity contribution < 1.29 is 19.3 Å². The molecule has 1 aliphatic heterocycles. The lowest BCUT2D eigenvalue weighted by atomic mass is 10.1. The second kappa shape index (κ2) is 17.2. The first-order chi connectivity index (χ1) is 24.0. The van der Waals surface area contributed by atoms with Gasteiger partial charge in [-0.25, -0.2) is 15.0 Å². The number of aryl methyl sites for hydroxylation is 1. The van der Waals surface area contributed by atoms with E-state index in [0.29, 0.717) is 42.4 Å². The highest BCUT2D eigenvalue weighted by Gasteiger charge is 2.20. The van der Waals surface area contributed by atoms with Gasteiger partial charge < -0.3 is 29.5 Å². The molecule has 12 heteroatoms. The van der Waals surface area contributed by atoms with E-state index in [1.165, 1.54) is 12.8 Å². The van der Waals surface area contributed by atoms with Crippen LogP contribution in [0.15, 0.2) is 79.1 Å². The van der Waals surface area contributed by atoms with Crippen molar-refractivity contribution in [3.8, 4) is 28.8 Å². The van der Waals surface area contributed by atoms with Crippen LogP contribution in [-0.4, -0.2) is 76.5 Å². The number of rotatable bonds is 13. The lowest BCUT2D eigenvalue weighted by Crippen LogP contribution is -2.25. The molecule has 0 bridgehead atoms. The summed E-state index contributed by atoms with van der Waals surface area (Å²) in [4.78, 5) is 28.6. The number of hydrogen-bond acceptors (Lipinski definition) is 12. The molecule has 12 nitrogen and oxygen atoms in total. The van der Waals surface area contributed by atoms with E-state index in [9.17, 15) is 0 Å². The van der Waals surface area contributed by atoms with Crippen LogP contribution < -0.4 is 24.4 Å². The summed E-state index contributed by atoms with van der Waals surface area (Å²) in [6.45, 7) is 6.06. The molecule has 256 valence electrons. The molecule has 2 aromatic carbocycles. The zero-order valence-electron chi connectivity index (χ0n) is 28.8. The largest absolute Gasteiger partial charge is 0.497 e. The summed E-state index contributed by atoms with van der Waals surface area (Å²) < 4.78 is 16.0. The van der Waals surface area contributed by atoms with Crippen LogP contribution in [0, 0.1) is 6.92 Å². The van der Waals surface area contributed by atoms with Crippen molar-refractivity contribution in [1.82, 2.24) is 29.8 Å². The lowest BCUT2D eigenvalue weighted by molar-refractivity contribution is 0.331. The summed E-state index contributed by atoms with van der Waals surface area (Å²) >= 11 is 0. The van der Waals surface area contributed by atoms with Gasteiger partial charge in [-0.15, -0.1) is 0 Å². The summed E-state index contributed by atoms with van der Waals surface area (Å²) in [6.07, 6.45) is 6.09. The average molecular weight is 665 g/mol. The van der Waals surface area contributed by atoms with Gasteiger partial charge >= 0.3 is 0 Å². The third-order valence-electron chi connectivity index (χ3n) is 8.08. The van der Waals surface area contributed by atoms with Gasteiger partial charge in [0.05, 0.1) is 38.8 Å². The molecule has 1 aliphatic rings. The molecule has 0 radical (unpaired) electrons. The van der Waals surface area contributed by atoms with Crippen LogP contribution in [0.2, 0.25) is 0 Å². The van der Waals surface area contributed by atoms with E-state index in [1.54, 1.807) is 27.5 Å². The molecule has 2 N–H and O–H groups in total. The Balaban J connectivity index is 0.00000230. The lowest BCUT2D eigenvalue weighted by Gasteiger charge is -2.24. The molecule has 1 saturated heterocycles.